The number of halogens is 2. The highest BCUT2D eigenvalue weighted by Crippen LogP contribution is 2.32. The predicted octanol–water partition coefficient (Wildman–Crippen LogP) is 4.40. The molecular weight excluding hydrogens is 345 g/mol. The molecule has 1 aliphatic heterocycles. The van der Waals surface area contributed by atoms with Crippen LogP contribution in [-0.4, -0.2) is 27.0 Å². The Kier molecular flexibility index (Phi) is 3.74. The highest BCUT2D eigenvalue weighted by Gasteiger charge is 2.29. The number of pyridine rings is 1. The summed E-state index contributed by atoms with van der Waals surface area (Å²) in [6, 6.07) is 11.3. The topological polar surface area (TPSA) is 37.6 Å². The molecule has 0 saturated carbocycles. The van der Waals surface area contributed by atoms with Crippen LogP contribution in [0.25, 0.3) is 5.52 Å². The molecule has 3 heterocycles. The van der Waals surface area contributed by atoms with Gasteiger partial charge in [0.05, 0.1) is 16.6 Å². The summed E-state index contributed by atoms with van der Waals surface area (Å²) in [6.45, 7) is 2.70. The molecule has 3 aromatic rings. The van der Waals surface area contributed by atoms with E-state index in [0.717, 1.165) is 17.5 Å². The zero-order chi connectivity index (χ0) is 16.8. The van der Waals surface area contributed by atoms with Crippen molar-refractivity contribution in [2.24, 2.45) is 0 Å². The Labute approximate surface area is 149 Å². The fourth-order valence-corrected chi connectivity index (χ4v) is 3.61. The van der Waals surface area contributed by atoms with Gasteiger partial charge >= 0.3 is 0 Å². The highest BCUT2D eigenvalue weighted by molar-refractivity contribution is 6.30. The van der Waals surface area contributed by atoms with Crippen LogP contribution in [0.1, 0.15) is 34.6 Å². The molecule has 1 amide bonds. The number of hydrogen-bond acceptors (Lipinski definition) is 2. The molecular formula is C18H15Cl2N3O. The first kappa shape index (κ1) is 15.5. The fourth-order valence-electron chi connectivity index (χ4n) is 3.28. The van der Waals surface area contributed by atoms with Crippen LogP contribution in [0, 0.1) is 0 Å². The molecule has 1 atom stereocenters. The molecule has 0 aliphatic carbocycles. The molecule has 0 fully saturated rings. The normalized spacial score (nSPS) is 17.1. The van der Waals surface area contributed by atoms with Gasteiger partial charge in [-0.1, -0.05) is 29.3 Å². The quantitative estimate of drug-likeness (QED) is 0.645. The number of rotatable bonds is 1. The van der Waals surface area contributed by atoms with Crippen LogP contribution in [0.2, 0.25) is 10.0 Å². The van der Waals surface area contributed by atoms with Crippen LogP contribution in [0.5, 0.6) is 0 Å². The molecule has 0 radical (unpaired) electrons. The van der Waals surface area contributed by atoms with E-state index in [2.05, 4.69) is 5.10 Å². The van der Waals surface area contributed by atoms with Gasteiger partial charge in [0.2, 0.25) is 0 Å². The summed E-state index contributed by atoms with van der Waals surface area (Å²) in [6.07, 6.45) is 2.52. The maximum atomic E-state index is 12.9. The number of fused-ring (bicyclic) bond motifs is 2. The second-order valence-electron chi connectivity index (χ2n) is 6.01. The Morgan fingerprint density at radius 3 is 2.79 bits per heavy atom. The van der Waals surface area contributed by atoms with E-state index < -0.39 is 0 Å². The molecule has 6 heteroatoms. The monoisotopic (exact) mass is 359 g/mol. The zero-order valence-corrected chi connectivity index (χ0v) is 14.6. The number of benzene rings is 1. The summed E-state index contributed by atoms with van der Waals surface area (Å²) < 4.78 is 1.63. The lowest BCUT2D eigenvalue weighted by Crippen LogP contribution is -2.39. The van der Waals surface area contributed by atoms with Crippen LogP contribution in [-0.2, 0) is 6.42 Å². The van der Waals surface area contributed by atoms with E-state index in [4.69, 9.17) is 23.2 Å². The lowest BCUT2D eigenvalue weighted by atomic mass is 9.93. The Balaban J connectivity index is 1.68. The first-order valence-electron chi connectivity index (χ1n) is 7.77. The molecule has 0 spiro atoms. The van der Waals surface area contributed by atoms with Gasteiger partial charge < -0.3 is 4.90 Å². The third kappa shape index (κ3) is 2.56. The van der Waals surface area contributed by atoms with E-state index in [1.807, 2.05) is 36.1 Å². The van der Waals surface area contributed by atoms with E-state index in [9.17, 15) is 4.79 Å². The van der Waals surface area contributed by atoms with Crippen LogP contribution in [0.3, 0.4) is 0 Å². The van der Waals surface area contributed by atoms with Crippen molar-refractivity contribution < 1.29 is 4.79 Å². The van der Waals surface area contributed by atoms with Crippen molar-refractivity contribution >= 4 is 34.6 Å². The minimum absolute atomic E-state index is 0.0339. The van der Waals surface area contributed by atoms with Crippen molar-refractivity contribution in [3.63, 3.8) is 0 Å². The van der Waals surface area contributed by atoms with Crippen molar-refractivity contribution in [3.8, 4) is 0 Å². The van der Waals surface area contributed by atoms with Crippen LogP contribution < -0.4 is 0 Å². The van der Waals surface area contributed by atoms with Crippen molar-refractivity contribution in [3.05, 3.63) is 69.5 Å². The van der Waals surface area contributed by atoms with E-state index in [1.54, 1.807) is 22.8 Å². The van der Waals surface area contributed by atoms with Gasteiger partial charge in [0, 0.05) is 17.8 Å². The first-order chi connectivity index (χ1) is 11.5. The lowest BCUT2D eigenvalue weighted by Gasteiger charge is -2.35. The van der Waals surface area contributed by atoms with Gasteiger partial charge in [-0.3, -0.25) is 4.79 Å². The lowest BCUT2D eigenvalue weighted by molar-refractivity contribution is 0.0671. The molecule has 1 aliphatic rings. The van der Waals surface area contributed by atoms with Gasteiger partial charge in [0.25, 0.3) is 5.91 Å². The first-order valence-corrected chi connectivity index (χ1v) is 8.53. The number of nitrogens with zero attached hydrogens (tertiary/aromatic N) is 3. The Hall–Kier alpha value is -2.04. The molecule has 4 nitrogen and oxygen atoms in total. The van der Waals surface area contributed by atoms with Gasteiger partial charge in [0.15, 0.2) is 5.69 Å². The maximum Gasteiger partial charge on any atom is 0.274 e. The molecule has 1 unspecified atom stereocenters. The van der Waals surface area contributed by atoms with E-state index >= 15 is 0 Å². The van der Waals surface area contributed by atoms with Crippen LogP contribution in [0.4, 0.5) is 0 Å². The van der Waals surface area contributed by atoms with E-state index in [-0.39, 0.29) is 11.9 Å². The number of hydrogen-bond donors (Lipinski definition) is 0. The third-order valence-corrected chi connectivity index (χ3v) is 5.01. The van der Waals surface area contributed by atoms with E-state index in [0.29, 0.717) is 22.3 Å². The van der Waals surface area contributed by atoms with Gasteiger partial charge in [-0.15, -0.1) is 0 Å². The zero-order valence-electron chi connectivity index (χ0n) is 13.0. The predicted molar refractivity (Wildman–Crippen MR) is 94.8 cm³/mol. The standard InChI is InChI=1S/C18H15Cl2N3O/c1-11-16-8-13(19)3-2-12(16)6-7-22(11)18(24)17-9-15-5-4-14(20)10-23(15)21-17/h2-5,8-11H,6-7H2,1H3. The van der Waals surface area contributed by atoms with E-state index in [1.165, 1.54) is 5.56 Å². The van der Waals surface area contributed by atoms with Crippen LogP contribution >= 0.6 is 23.2 Å². The van der Waals surface area contributed by atoms with Crippen LogP contribution in [0.15, 0.2) is 42.6 Å². The summed E-state index contributed by atoms with van der Waals surface area (Å²) in [5, 5.41) is 5.65. The largest absolute Gasteiger partial charge is 0.330 e. The number of carbonyl (C=O) groups is 1. The number of amides is 1. The van der Waals surface area contributed by atoms with Crippen molar-refractivity contribution in [1.82, 2.24) is 14.5 Å². The average Bonchev–Trinajstić information content (AvgIpc) is 2.98. The summed E-state index contributed by atoms with van der Waals surface area (Å²) in [5.41, 5.74) is 3.62. The summed E-state index contributed by atoms with van der Waals surface area (Å²) >= 11 is 12.1. The molecule has 0 saturated heterocycles. The Bertz CT molecular complexity index is 951. The van der Waals surface area contributed by atoms with Gasteiger partial charge in [-0.25, -0.2) is 4.52 Å². The van der Waals surface area contributed by atoms with Gasteiger partial charge in [0.1, 0.15) is 0 Å². The Morgan fingerprint density at radius 2 is 1.96 bits per heavy atom. The SMILES string of the molecule is CC1c2cc(Cl)ccc2CCN1C(=O)c1cc2ccc(Cl)cn2n1. The molecule has 2 aromatic heterocycles. The summed E-state index contributed by atoms with van der Waals surface area (Å²) in [4.78, 5) is 14.8. The molecule has 4 rings (SSSR count). The molecule has 1 aromatic carbocycles. The average molecular weight is 360 g/mol. The van der Waals surface area contributed by atoms with Gasteiger partial charge in [-0.05, 0) is 54.8 Å². The maximum absolute atomic E-state index is 12.9. The highest BCUT2D eigenvalue weighted by atomic mass is 35.5. The second kappa shape index (κ2) is 5.80. The van der Waals surface area contributed by atoms with Gasteiger partial charge in [-0.2, -0.15) is 5.10 Å². The molecule has 122 valence electrons. The second-order valence-corrected chi connectivity index (χ2v) is 6.89. The van der Waals surface area contributed by atoms with Crippen molar-refractivity contribution in [2.75, 3.05) is 6.54 Å². The molecule has 0 N–H and O–H groups in total. The van der Waals surface area contributed by atoms with Crippen molar-refractivity contribution in [2.45, 2.75) is 19.4 Å². The number of carbonyl (C=O) groups excluding carboxylic acids is 1. The smallest absolute Gasteiger partial charge is 0.274 e. The molecule has 0 bridgehead atoms. The fraction of sp³-hybridized carbons (Fsp3) is 0.222. The third-order valence-electron chi connectivity index (χ3n) is 4.55. The Morgan fingerprint density at radius 1 is 1.17 bits per heavy atom. The minimum Gasteiger partial charge on any atom is -0.330 e. The number of aromatic nitrogens is 2. The summed E-state index contributed by atoms with van der Waals surface area (Å²) in [7, 11) is 0. The minimum atomic E-state index is -0.0760. The molecule has 24 heavy (non-hydrogen) atoms. The van der Waals surface area contributed by atoms with Crippen molar-refractivity contribution in [1.29, 1.82) is 0 Å². The summed E-state index contributed by atoms with van der Waals surface area (Å²) in [5.74, 6) is -0.0760.